The first-order chi connectivity index (χ1) is 8.70. The molecule has 98 valence electrons. The van der Waals surface area contributed by atoms with E-state index >= 15 is 0 Å². The summed E-state index contributed by atoms with van der Waals surface area (Å²) >= 11 is 1.82. The van der Waals surface area contributed by atoms with Crippen LogP contribution in [0, 0.1) is 5.92 Å². The van der Waals surface area contributed by atoms with E-state index in [2.05, 4.69) is 31.2 Å². The van der Waals surface area contributed by atoms with Crippen molar-refractivity contribution in [3.8, 4) is 0 Å². The Hall–Kier alpha value is -0.960. The summed E-state index contributed by atoms with van der Waals surface area (Å²) in [5, 5.41) is 9.05. The predicted molar refractivity (Wildman–Crippen MR) is 75.2 cm³/mol. The van der Waals surface area contributed by atoms with Crippen LogP contribution >= 0.6 is 11.8 Å². The smallest absolute Gasteiger partial charge is 0.303 e. The molecular weight excluding hydrogens is 244 g/mol. The number of hydrogen-bond donors (Lipinski definition) is 1. The van der Waals surface area contributed by atoms with E-state index in [9.17, 15) is 4.79 Å². The third-order valence-electron chi connectivity index (χ3n) is 3.73. The molecule has 0 radical (unpaired) electrons. The van der Waals surface area contributed by atoms with Crippen LogP contribution in [-0.4, -0.2) is 16.8 Å². The van der Waals surface area contributed by atoms with Crippen molar-refractivity contribution in [1.29, 1.82) is 0 Å². The first-order valence-electron chi connectivity index (χ1n) is 6.65. The van der Waals surface area contributed by atoms with Crippen LogP contribution < -0.4 is 0 Å². The monoisotopic (exact) mass is 264 g/mol. The van der Waals surface area contributed by atoms with E-state index < -0.39 is 5.97 Å². The Kier molecular flexibility index (Phi) is 4.70. The Morgan fingerprint density at radius 1 is 1.39 bits per heavy atom. The van der Waals surface area contributed by atoms with Gasteiger partial charge >= 0.3 is 5.97 Å². The molecule has 0 aliphatic heterocycles. The molecule has 1 fully saturated rings. The maximum absolute atomic E-state index is 11.0. The highest BCUT2D eigenvalue weighted by Gasteiger charge is 2.30. The summed E-state index contributed by atoms with van der Waals surface area (Å²) in [7, 11) is 0. The van der Waals surface area contributed by atoms with Gasteiger partial charge < -0.3 is 5.11 Å². The van der Waals surface area contributed by atoms with Gasteiger partial charge in [0.1, 0.15) is 0 Å². The number of rotatable bonds is 6. The van der Waals surface area contributed by atoms with Gasteiger partial charge in [-0.2, -0.15) is 0 Å². The summed E-state index contributed by atoms with van der Waals surface area (Å²) in [6.45, 7) is 2.14. The van der Waals surface area contributed by atoms with Crippen molar-refractivity contribution in [3.63, 3.8) is 0 Å². The fourth-order valence-corrected chi connectivity index (χ4v) is 3.23. The van der Waals surface area contributed by atoms with Crippen molar-refractivity contribution in [2.24, 2.45) is 5.92 Å². The highest BCUT2D eigenvalue weighted by atomic mass is 32.2. The van der Waals surface area contributed by atoms with Crippen LogP contribution in [0.2, 0.25) is 0 Å². The van der Waals surface area contributed by atoms with Crippen LogP contribution in [-0.2, 0) is 4.79 Å². The number of hydrogen-bond acceptors (Lipinski definition) is 2. The zero-order chi connectivity index (χ0) is 13.0. The first-order valence-corrected chi connectivity index (χ1v) is 7.63. The molecule has 1 atom stereocenters. The van der Waals surface area contributed by atoms with Gasteiger partial charge in [0.15, 0.2) is 0 Å². The van der Waals surface area contributed by atoms with Crippen molar-refractivity contribution in [2.45, 2.75) is 43.4 Å². The lowest BCUT2D eigenvalue weighted by molar-refractivity contribution is -0.138. The molecule has 3 heteroatoms. The van der Waals surface area contributed by atoms with Crippen LogP contribution in [0.25, 0.3) is 0 Å². The standard InChI is InChI=1S/C15H20O2S/c1-2-18-13-8-6-12(7-9-13)14(10-15(16)17)11-4-3-5-11/h6-9,11,14H,2-5,10H2,1H3,(H,16,17). The van der Waals surface area contributed by atoms with Gasteiger partial charge in [0.2, 0.25) is 0 Å². The van der Waals surface area contributed by atoms with E-state index in [1.807, 2.05) is 11.8 Å². The number of aliphatic carboxylic acids is 1. The van der Waals surface area contributed by atoms with Crippen molar-refractivity contribution in [1.82, 2.24) is 0 Å². The SMILES string of the molecule is CCSc1ccc(C(CC(=O)O)C2CCC2)cc1. The number of carboxylic acid groups (broad SMARTS) is 1. The summed E-state index contributed by atoms with van der Waals surface area (Å²) in [4.78, 5) is 12.3. The average Bonchev–Trinajstić information content (AvgIpc) is 2.27. The van der Waals surface area contributed by atoms with Crippen molar-refractivity contribution in [3.05, 3.63) is 29.8 Å². The molecule has 18 heavy (non-hydrogen) atoms. The summed E-state index contributed by atoms with van der Waals surface area (Å²) < 4.78 is 0. The maximum atomic E-state index is 11.0. The molecule has 1 saturated carbocycles. The number of benzene rings is 1. The van der Waals surface area contributed by atoms with E-state index in [0.717, 1.165) is 5.75 Å². The highest BCUT2D eigenvalue weighted by molar-refractivity contribution is 7.99. The third-order valence-corrected chi connectivity index (χ3v) is 4.63. The molecule has 0 saturated heterocycles. The lowest BCUT2D eigenvalue weighted by Gasteiger charge is -2.33. The number of carbonyl (C=O) groups is 1. The number of thioether (sulfide) groups is 1. The van der Waals surface area contributed by atoms with E-state index in [0.29, 0.717) is 5.92 Å². The minimum Gasteiger partial charge on any atom is -0.481 e. The molecule has 0 amide bonds. The quantitative estimate of drug-likeness (QED) is 0.784. The fraction of sp³-hybridized carbons (Fsp3) is 0.533. The van der Waals surface area contributed by atoms with Gasteiger partial charge in [0.25, 0.3) is 0 Å². The average molecular weight is 264 g/mol. The summed E-state index contributed by atoms with van der Waals surface area (Å²) in [5.74, 6) is 1.17. The van der Waals surface area contributed by atoms with E-state index in [1.54, 1.807) is 0 Å². The summed E-state index contributed by atoms with van der Waals surface area (Å²) in [6, 6.07) is 8.47. The van der Waals surface area contributed by atoms with Gasteiger partial charge in [-0.05, 0) is 48.1 Å². The fourth-order valence-electron chi connectivity index (χ4n) is 2.56. The molecule has 0 aromatic heterocycles. The van der Waals surface area contributed by atoms with Crippen LogP contribution in [0.3, 0.4) is 0 Å². The van der Waals surface area contributed by atoms with Gasteiger partial charge in [0.05, 0.1) is 6.42 Å². The topological polar surface area (TPSA) is 37.3 Å². The number of carboxylic acids is 1. The minimum absolute atomic E-state index is 0.205. The molecule has 1 aromatic carbocycles. The molecule has 1 aliphatic rings. The predicted octanol–water partition coefficient (Wildman–Crippen LogP) is 4.16. The molecular formula is C15H20O2S. The zero-order valence-corrected chi connectivity index (χ0v) is 11.6. The lowest BCUT2D eigenvalue weighted by atomic mass is 9.72. The largest absolute Gasteiger partial charge is 0.481 e. The van der Waals surface area contributed by atoms with Crippen LogP contribution in [0.5, 0.6) is 0 Å². The Labute approximate surface area is 113 Å². The lowest BCUT2D eigenvalue weighted by Crippen LogP contribution is -2.22. The molecule has 0 heterocycles. The molecule has 2 nitrogen and oxygen atoms in total. The molecule has 1 aromatic rings. The van der Waals surface area contributed by atoms with Crippen molar-refractivity contribution >= 4 is 17.7 Å². The highest BCUT2D eigenvalue weighted by Crippen LogP contribution is 2.41. The molecule has 1 aliphatic carbocycles. The van der Waals surface area contributed by atoms with Crippen molar-refractivity contribution in [2.75, 3.05) is 5.75 Å². The second-order valence-electron chi connectivity index (χ2n) is 4.90. The Morgan fingerprint density at radius 3 is 2.50 bits per heavy atom. The van der Waals surface area contributed by atoms with Crippen LogP contribution in [0.1, 0.15) is 44.1 Å². The Balaban J connectivity index is 2.11. The van der Waals surface area contributed by atoms with Gasteiger partial charge in [-0.1, -0.05) is 25.5 Å². The minimum atomic E-state index is -0.682. The normalized spacial score (nSPS) is 17.2. The zero-order valence-electron chi connectivity index (χ0n) is 10.8. The maximum Gasteiger partial charge on any atom is 0.303 e. The van der Waals surface area contributed by atoms with E-state index in [-0.39, 0.29) is 12.3 Å². The third kappa shape index (κ3) is 3.29. The van der Waals surface area contributed by atoms with Gasteiger partial charge in [-0.3, -0.25) is 4.79 Å². The van der Waals surface area contributed by atoms with E-state index in [1.165, 1.54) is 29.7 Å². The summed E-state index contributed by atoms with van der Waals surface area (Å²) in [5.41, 5.74) is 1.20. The van der Waals surface area contributed by atoms with Crippen LogP contribution in [0.4, 0.5) is 0 Å². The second-order valence-corrected chi connectivity index (χ2v) is 6.23. The molecule has 2 rings (SSSR count). The van der Waals surface area contributed by atoms with Crippen molar-refractivity contribution < 1.29 is 9.90 Å². The van der Waals surface area contributed by atoms with Gasteiger partial charge in [-0.25, -0.2) is 0 Å². The Bertz CT molecular complexity index is 395. The van der Waals surface area contributed by atoms with Crippen LogP contribution in [0.15, 0.2) is 29.2 Å². The molecule has 0 bridgehead atoms. The molecule has 0 spiro atoms. The van der Waals surface area contributed by atoms with E-state index in [4.69, 9.17) is 5.11 Å². The first kappa shape index (κ1) is 13.5. The second kappa shape index (κ2) is 6.28. The van der Waals surface area contributed by atoms with Gasteiger partial charge in [0, 0.05) is 4.90 Å². The summed E-state index contributed by atoms with van der Waals surface area (Å²) in [6.07, 6.45) is 3.89. The van der Waals surface area contributed by atoms with Gasteiger partial charge in [-0.15, -0.1) is 11.8 Å². The Morgan fingerprint density at radius 2 is 2.06 bits per heavy atom. The molecule has 1 N–H and O–H groups in total. The molecule has 1 unspecified atom stereocenters.